The summed E-state index contributed by atoms with van der Waals surface area (Å²) < 4.78 is 15.7. The maximum Gasteiger partial charge on any atom is 0.333 e. The first-order chi connectivity index (χ1) is 8.07. The molecule has 0 amide bonds. The van der Waals surface area contributed by atoms with Crippen molar-refractivity contribution in [1.82, 2.24) is 0 Å². The fraction of sp³-hybridized carbons (Fsp3) is 0.769. The number of hydrogen-bond donors (Lipinski definition) is 0. The van der Waals surface area contributed by atoms with E-state index in [2.05, 4.69) is 13.5 Å². The number of esters is 1. The first-order valence-corrected chi connectivity index (χ1v) is 6.13. The van der Waals surface area contributed by atoms with Crippen LogP contribution in [0.25, 0.3) is 0 Å². The van der Waals surface area contributed by atoms with Crippen molar-refractivity contribution in [1.29, 1.82) is 0 Å². The number of carbonyl (C=O) groups excluding carboxylic acids is 1. The summed E-state index contributed by atoms with van der Waals surface area (Å²) in [6.07, 6.45) is 2.47. The summed E-state index contributed by atoms with van der Waals surface area (Å²) in [5.41, 5.74) is 0.433. The predicted molar refractivity (Wildman–Crippen MR) is 66.7 cm³/mol. The summed E-state index contributed by atoms with van der Waals surface area (Å²) in [4.78, 5) is 11.0. The van der Waals surface area contributed by atoms with Crippen LogP contribution in [0.5, 0.6) is 0 Å². The van der Waals surface area contributed by atoms with Gasteiger partial charge in [-0.25, -0.2) is 4.79 Å². The summed E-state index contributed by atoms with van der Waals surface area (Å²) in [7, 11) is 0. The van der Waals surface area contributed by atoms with Crippen LogP contribution >= 0.6 is 0 Å². The Morgan fingerprint density at radius 2 is 1.76 bits per heavy atom. The molecule has 0 aliphatic rings. The largest absolute Gasteiger partial charge is 0.462 e. The molecule has 0 bridgehead atoms. The molecule has 0 rings (SSSR count). The zero-order valence-corrected chi connectivity index (χ0v) is 11.2. The van der Waals surface area contributed by atoms with E-state index in [1.54, 1.807) is 6.92 Å². The highest BCUT2D eigenvalue weighted by atomic mass is 16.7. The Morgan fingerprint density at radius 1 is 1.18 bits per heavy atom. The normalized spacial score (nSPS) is 12.2. The molecular weight excluding hydrogens is 220 g/mol. The van der Waals surface area contributed by atoms with Crippen LogP contribution in [0, 0.1) is 0 Å². The van der Waals surface area contributed by atoms with Gasteiger partial charge in [-0.2, -0.15) is 0 Å². The second kappa shape index (κ2) is 10.3. The van der Waals surface area contributed by atoms with Crippen LogP contribution in [0.4, 0.5) is 0 Å². The molecule has 0 heterocycles. The van der Waals surface area contributed by atoms with E-state index in [1.165, 1.54) is 0 Å². The van der Waals surface area contributed by atoms with Crippen LogP contribution in [0.15, 0.2) is 12.2 Å². The smallest absolute Gasteiger partial charge is 0.333 e. The van der Waals surface area contributed by atoms with Crippen LogP contribution in [-0.4, -0.2) is 32.1 Å². The molecule has 0 aliphatic heterocycles. The van der Waals surface area contributed by atoms with Crippen molar-refractivity contribution in [3.05, 3.63) is 12.2 Å². The van der Waals surface area contributed by atoms with E-state index in [9.17, 15) is 4.79 Å². The van der Waals surface area contributed by atoms with Crippen LogP contribution < -0.4 is 0 Å². The minimum atomic E-state index is -0.328. The number of ether oxygens (including phenoxy) is 3. The van der Waals surface area contributed by atoms with Crippen LogP contribution in [0.3, 0.4) is 0 Å². The Balaban J connectivity index is 3.29. The second-order valence-corrected chi connectivity index (χ2v) is 3.93. The minimum Gasteiger partial charge on any atom is -0.462 e. The van der Waals surface area contributed by atoms with Gasteiger partial charge >= 0.3 is 5.97 Å². The Bertz CT molecular complexity index is 225. The monoisotopic (exact) mass is 244 g/mol. The van der Waals surface area contributed by atoms with Gasteiger partial charge in [0.15, 0.2) is 6.29 Å². The Kier molecular flexibility index (Phi) is 9.77. The third kappa shape index (κ3) is 10.0. The lowest BCUT2D eigenvalue weighted by molar-refractivity contribution is -0.140. The number of carbonyl (C=O) groups is 1. The summed E-state index contributed by atoms with van der Waals surface area (Å²) in [6, 6.07) is 0. The molecule has 1 unspecified atom stereocenters. The molecule has 0 saturated heterocycles. The lowest BCUT2D eigenvalue weighted by Crippen LogP contribution is -2.14. The van der Waals surface area contributed by atoms with Gasteiger partial charge in [0.2, 0.25) is 0 Å². The summed E-state index contributed by atoms with van der Waals surface area (Å²) >= 11 is 0. The molecule has 0 N–H and O–H groups in total. The van der Waals surface area contributed by atoms with Crippen LogP contribution in [-0.2, 0) is 19.0 Å². The van der Waals surface area contributed by atoms with Crippen LogP contribution in [0.2, 0.25) is 0 Å². The van der Waals surface area contributed by atoms with Crippen molar-refractivity contribution in [2.45, 2.75) is 46.3 Å². The van der Waals surface area contributed by atoms with Gasteiger partial charge in [0.1, 0.15) is 0 Å². The quantitative estimate of drug-likeness (QED) is 0.256. The van der Waals surface area contributed by atoms with Crippen molar-refractivity contribution in [3.63, 3.8) is 0 Å². The van der Waals surface area contributed by atoms with Gasteiger partial charge in [0, 0.05) is 18.8 Å². The molecule has 1 atom stereocenters. The molecule has 100 valence electrons. The average molecular weight is 244 g/mol. The van der Waals surface area contributed by atoms with E-state index in [4.69, 9.17) is 14.2 Å². The van der Waals surface area contributed by atoms with Gasteiger partial charge in [-0.3, -0.25) is 0 Å². The predicted octanol–water partition coefficient (Wildman–Crippen LogP) is 2.68. The molecule has 0 aromatic heterocycles. The Hall–Kier alpha value is -0.870. The number of unbranched alkanes of at least 4 members (excludes halogenated alkanes) is 1. The van der Waals surface area contributed by atoms with Crippen molar-refractivity contribution in [2.24, 2.45) is 0 Å². The van der Waals surface area contributed by atoms with E-state index < -0.39 is 0 Å². The van der Waals surface area contributed by atoms with Crippen molar-refractivity contribution in [2.75, 3.05) is 19.8 Å². The molecule has 0 aromatic rings. The lowest BCUT2D eigenvalue weighted by Gasteiger charge is -2.13. The van der Waals surface area contributed by atoms with Gasteiger partial charge in [-0.15, -0.1) is 0 Å². The SMILES string of the molecule is C=C(C)C(=O)OCCCCOC(C)OCCC. The van der Waals surface area contributed by atoms with Crippen LogP contribution in [0.1, 0.15) is 40.0 Å². The first kappa shape index (κ1) is 16.1. The Morgan fingerprint density at radius 3 is 2.35 bits per heavy atom. The third-order valence-corrected chi connectivity index (χ3v) is 2.03. The maximum absolute atomic E-state index is 11.0. The highest BCUT2D eigenvalue weighted by Crippen LogP contribution is 1.99. The summed E-state index contributed by atoms with van der Waals surface area (Å²) in [5, 5.41) is 0. The second-order valence-electron chi connectivity index (χ2n) is 3.93. The molecule has 0 aromatic carbocycles. The van der Waals surface area contributed by atoms with E-state index in [0.717, 1.165) is 25.9 Å². The topological polar surface area (TPSA) is 44.8 Å². The molecule has 0 aliphatic carbocycles. The summed E-state index contributed by atoms with van der Waals surface area (Å²) in [6.45, 7) is 10.8. The molecule has 0 fully saturated rings. The zero-order chi connectivity index (χ0) is 13.1. The third-order valence-electron chi connectivity index (χ3n) is 2.03. The highest BCUT2D eigenvalue weighted by Gasteiger charge is 2.03. The van der Waals surface area contributed by atoms with E-state index in [-0.39, 0.29) is 12.3 Å². The molecule has 0 saturated carbocycles. The van der Waals surface area contributed by atoms with Gasteiger partial charge in [-0.05, 0) is 33.1 Å². The van der Waals surface area contributed by atoms with Crippen molar-refractivity contribution in [3.8, 4) is 0 Å². The molecule has 0 spiro atoms. The lowest BCUT2D eigenvalue weighted by atomic mass is 10.3. The maximum atomic E-state index is 11.0. The fourth-order valence-corrected chi connectivity index (χ4v) is 1.07. The highest BCUT2D eigenvalue weighted by molar-refractivity contribution is 5.86. The fourth-order valence-electron chi connectivity index (χ4n) is 1.07. The van der Waals surface area contributed by atoms with Gasteiger partial charge in [-0.1, -0.05) is 13.5 Å². The summed E-state index contributed by atoms with van der Waals surface area (Å²) in [5.74, 6) is -0.328. The average Bonchev–Trinajstić information content (AvgIpc) is 2.30. The first-order valence-electron chi connectivity index (χ1n) is 6.13. The van der Waals surface area contributed by atoms with Crippen molar-refractivity contribution < 1.29 is 19.0 Å². The zero-order valence-electron chi connectivity index (χ0n) is 11.2. The standard InChI is InChI=1S/C13H24O4/c1-5-8-15-12(4)16-9-6-7-10-17-13(14)11(2)3/h12H,2,5-10H2,1,3-4H3. The van der Waals surface area contributed by atoms with E-state index in [0.29, 0.717) is 18.8 Å². The molecule has 4 heteroatoms. The van der Waals surface area contributed by atoms with Gasteiger partial charge in [0.25, 0.3) is 0 Å². The van der Waals surface area contributed by atoms with Gasteiger partial charge in [0.05, 0.1) is 6.61 Å². The molecule has 17 heavy (non-hydrogen) atoms. The molecule has 0 radical (unpaired) electrons. The number of rotatable bonds is 10. The van der Waals surface area contributed by atoms with Crippen molar-refractivity contribution >= 4 is 5.97 Å². The minimum absolute atomic E-state index is 0.159. The van der Waals surface area contributed by atoms with Gasteiger partial charge < -0.3 is 14.2 Å². The molecular formula is C13H24O4. The molecule has 4 nitrogen and oxygen atoms in total. The van der Waals surface area contributed by atoms with E-state index in [1.807, 2.05) is 6.92 Å². The van der Waals surface area contributed by atoms with E-state index >= 15 is 0 Å². The Labute approximate surface area is 104 Å². The number of hydrogen-bond acceptors (Lipinski definition) is 4.